The molecule has 3 heteroatoms. The summed E-state index contributed by atoms with van der Waals surface area (Å²) in [5, 5.41) is 3.02. The van der Waals surface area contributed by atoms with E-state index >= 15 is 0 Å². The number of rotatable bonds is 2. The maximum Gasteiger partial charge on any atom is 0.232 e. The summed E-state index contributed by atoms with van der Waals surface area (Å²) in [6.07, 6.45) is 7.50. The SMILES string of the molecule is COc1cccc2c1NC(=O)C2C1CCCCCC1. The second-order valence-electron chi connectivity index (χ2n) is 5.64. The van der Waals surface area contributed by atoms with E-state index < -0.39 is 0 Å². The molecule has 1 aromatic carbocycles. The molecule has 0 spiro atoms. The zero-order chi connectivity index (χ0) is 13.2. The number of hydrogen-bond donors (Lipinski definition) is 1. The second kappa shape index (κ2) is 5.24. The molecule has 0 saturated heterocycles. The molecule has 1 unspecified atom stereocenters. The number of anilines is 1. The van der Waals surface area contributed by atoms with Crippen LogP contribution in [0.1, 0.15) is 50.0 Å². The first-order chi connectivity index (χ1) is 9.31. The Morgan fingerprint density at radius 1 is 1.16 bits per heavy atom. The molecular weight excluding hydrogens is 238 g/mol. The fourth-order valence-electron chi connectivity index (χ4n) is 3.57. The van der Waals surface area contributed by atoms with Crippen LogP contribution in [0.5, 0.6) is 5.75 Å². The highest BCUT2D eigenvalue weighted by Gasteiger charge is 2.38. The molecule has 0 radical (unpaired) electrons. The van der Waals surface area contributed by atoms with Crippen LogP contribution >= 0.6 is 0 Å². The van der Waals surface area contributed by atoms with Crippen molar-refractivity contribution in [1.82, 2.24) is 0 Å². The molecule has 1 N–H and O–H groups in total. The summed E-state index contributed by atoms with van der Waals surface area (Å²) < 4.78 is 5.35. The Labute approximate surface area is 114 Å². The van der Waals surface area contributed by atoms with E-state index in [2.05, 4.69) is 11.4 Å². The normalized spacial score (nSPS) is 23.6. The minimum atomic E-state index is 0.0307. The Kier molecular flexibility index (Phi) is 3.45. The van der Waals surface area contributed by atoms with Crippen LogP contribution in [-0.2, 0) is 4.79 Å². The van der Waals surface area contributed by atoms with Crippen molar-refractivity contribution in [1.29, 1.82) is 0 Å². The molecule has 0 bridgehead atoms. The van der Waals surface area contributed by atoms with Crippen molar-refractivity contribution in [3.63, 3.8) is 0 Å². The summed E-state index contributed by atoms with van der Waals surface area (Å²) in [5.74, 6) is 1.47. The maximum atomic E-state index is 12.3. The summed E-state index contributed by atoms with van der Waals surface area (Å²) in [6.45, 7) is 0. The average molecular weight is 259 g/mol. The van der Waals surface area contributed by atoms with Crippen molar-refractivity contribution < 1.29 is 9.53 Å². The zero-order valence-corrected chi connectivity index (χ0v) is 11.4. The molecule has 1 heterocycles. The number of nitrogens with one attached hydrogen (secondary N) is 1. The molecule has 19 heavy (non-hydrogen) atoms. The molecule has 2 aliphatic rings. The van der Waals surface area contributed by atoms with Crippen molar-refractivity contribution in [2.24, 2.45) is 5.92 Å². The molecule has 0 aromatic heterocycles. The first-order valence-corrected chi connectivity index (χ1v) is 7.29. The summed E-state index contributed by atoms with van der Waals surface area (Å²) in [4.78, 5) is 12.3. The maximum absolute atomic E-state index is 12.3. The van der Waals surface area contributed by atoms with Crippen LogP contribution in [0, 0.1) is 5.92 Å². The molecule has 102 valence electrons. The van der Waals surface area contributed by atoms with Crippen molar-refractivity contribution in [3.8, 4) is 5.75 Å². The fraction of sp³-hybridized carbons (Fsp3) is 0.562. The van der Waals surface area contributed by atoms with Crippen molar-refractivity contribution in [2.45, 2.75) is 44.4 Å². The Morgan fingerprint density at radius 2 is 1.89 bits per heavy atom. The Hall–Kier alpha value is -1.51. The van der Waals surface area contributed by atoms with E-state index in [0.29, 0.717) is 5.92 Å². The van der Waals surface area contributed by atoms with Gasteiger partial charge in [0.25, 0.3) is 0 Å². The van der Waals surface area contributed by atoms with Gasteiger partial charge in [0.2, 0.25) is 5.91 Å². The van der Waals surface area contributed by atoms with Gasteiger partial charge in [0.15, 0.2) is 0 Å². The summed E-state index contributed by atoms with van der Waals surface area (Å²) in [7, 11) is 1.65. The minimum Gasteiger partial charge on any atom is -0.495 e. The molecule has 1 fully saturated rings. The predicted octanol–water partition coefficient (Wildman–Crippen LogP) is 3.70. The number of carbonyl (C=O) groups is 1. The van der Waals surface area contributed by atoms with Crippen molar-refractivity contribution >= 4 is 11.6 Å². The standard InChI is InChI=1S/C16H21NO2/c1-19-13-10-6-9-12-14(16(18)17-15(12)13)11-7-4-2-3-5-8-11/h6,9-11,14H,2-5,7-8H2,1H3,(H,17,18). The van der Waals surface area contributed by atoms with Crippen molar-refractivity contribution in [2.75, 3.05) is 12.4 Å². The molecule has 1 aromatic rings. The summed E-state index contributed by atoms with van der Waals surface area (Å²) in [6, 6.07) is 5.97. The third-order valence-corrected chi connectivity index (χ3v) is 4.52. The number of hydrogen-bond acceptors (Lipinski definition) is 2. The lowest BCUT2D eigenvalue weighted by Crippen LogP contribution is -2.20. The predicted molar refractivity (Wildman–Crippen MR) is 75.6 cm³/mol. The topological polar surface area (TPSA) is 38.3 Å². The van der Waals surface area contributed by atoms with Gasteiger partial charge in [-0.15, -0.1) is 0 Å². The summed E-state index contributed by atoms with van der Waals surface area (Å²) >= 11 is 0. The second-order valence-corrected chi connectivity index (χ2v) is 5.64. The van der Waals surface area contributed by atoms with E-state index in [0.717, 1.165) is 17.0 Å². The van der Waals surface area contributed by atoms with Gasteiger partial charge in [-0.2, -0.15) is 0 Å². The molecule has 1 atom stereocenters. The lowest BCUT2D eigenvalue weighted by atomic mass is 9.82. The van der Waals surface area contributed by atoms with Crippen LogP contribution in [0.2, 0.25) is 0 Å². The molecule has 1 aliphatic heterocycles. The van der Waals surface area contributed by atoms with Gasteiger partial charge in [0.05, 0.1) is 18.7 Å². The van der Waals surface area contributed by atoms with Gasteiger partial charge in [-0.3, -0.25) is 4.79 Å². The number of carbonyl (C=O) groups excluding carboxylic acids is 1. The zero-order valence-electron chi connectivity index (χ0n) is 11.4. The third-order valence-electron chi connectivity index (χ3n) is 4.52. The largest absolute Gasteiger partial charge is 0.495 e. The molecule has 1 saturated carbocycles. The van der Waals surface area contributed by atoms with Crippen LogP contribution in [-0.4, -0.2) is 13.0 Å². The van der Waals surface area contributed by atoms with Gasteiger partial charge >= 0.3 is 0 Å². The lowest BCUT2D eigenvalue weighted by molar-refractivity contribution is -0.118. The van der Waals surface area contributed by atoms with E-state index in [9.17, 15) is 4.79 Å². The van der Waals surface area contributed by atoms with Gasteiger partial charge in [-0.05, 0) is 30.4 Å². The first kappa shape index (κ1) is 12.5. The van der Waals surface area contributed by atoms with Gasteiger partial charge < -0.3 is 10.1 Å². The molecule has 1 amide bonds. The fourth-order valence-corrected chi connectivity index (χ4v) is 3.57. The monoisotopic (exact) mass is 259 g/mol. The first-order valence-electron chi connectivity index (χ1n) is 7.29. The Balaban J connectivity index is 1.93. The number of amides is 1. The minimum absolute atomic E-state index is 0.0307. The van der Waals surface area contributed by atoms with Crippen LogP contribution in [0.3, 0.4) is 0 Å². The van der Waals surface area contributed by atoms with E-state index in [-0.39, 0.29) is 11.8 Å². The Morgan fingerprint density at radius 3 is 2.58 bits per heavy atom. The Bertz CT molecular complexity index is 476. The van der Waals surface area contributed by atoms with Crippen LogP contribution in [0.4, 0.5) is 5.69 Å². The van der Waals surface area contributed by atoms with Crippen molar-refractivity contribution in [3.05, 3.63) is 23.8 Å². The number of methoxy groups -OCH3 is 1. The highest BCUT2D eigenvalue weighted by molar-refractivity contribution is 6.04. The average Bonchev–Trinajstić information content (AvgIpc) is 2.62. The number of benzene rings is 1. The van der Waals surface area contributed by atoms with E-state index in [1.165, 1.54) is 38.5 Å². The number of ether oxygens (including phenoxy) is 1. The van der Waals surface area contributed by atoms with E-state index in [1.54, 1.807) is 7.11 Å². The molecule has 3 nitrogen and oxygen atoms in total. The van der Waals surface area contributed by atoms with Gasteiger partial charge in [-0.1, -0.05) is 37.8 Å². The van der Waals surface area contributed by atoms with Gasteiger partial charge in [-0.25, -0.2) is 0 Å². The third kappa shape index (κ3) is 2.22. The molecule has 3 rings (SSSR count). The van der Waals surface area contributed by atoms with E-state index in [1.807, 2.05) is 12.1 Å². The number of fused-ring (bicyclic) bond motifs is 1. The number of para-hydroxylation sites is 1. The van der Waals surface area contributed by atoms with Crippen LogP contribution in [0.15, 0.2) is 18.2 Å². The summed E-state index contributed by atoms with van der Waals surface area (Å²) in [5.41, 5.74) is 2.03. The molecular formula is C16H21NO2. The highest BCUT2D eigenvalue weighted by Crippen LogP contribution is 2.45. The van der Waals surface area contributed by atoms with Crippen LogP contribution in [0.25, 0.3) is 0 Å². The highest BCUT2D eigenvalue weighted by atomic mass is 16.5. The quantitative estimate of drug-likeness (QED) is 0.822. The lowest BCUT2D eigenvalue weighted by Gasteiger charge is -2.20. The van der Waals surface area contributed by atoms with Gasteiger partial charge in [0.1, 0.15) is 5.75 Å². The smallest absolute Gasteiger partial charge is 0.232 e. The van der Waals surface area contributed by atoms with E-state index in [4.69, 9.17) is 4.74 Å². The van der Waals surface area contributed by atoms with Gasteiger partial charge in [0, 0.05) is 0 Å². The van der Waals surface area contributed by atoms with Crippen LogP contribution < -0.4 is 10.1 Å². The molecule has 1 aliphatic carbocycles.